The Balaban J connectivity index is 1.45. The van der Waals surface area contributed by atoms with Gasteiger partial charge in [-0.3, -0.25) is 9.48 Å². The molecule has 146 valence electrons. The summed E-state index contributed by atoms with van der Waals surface area (Å²) in [5.74, 6) is 0.401. The van der Waals surface area contributed by atoms with Gasteiger partial charge in [-0.15, -0.1) is 0 Å². The number of aryl methyl sites for hydroxylation is 1. The van der Waals surface area contributed by atoms with E-state index in [0.717, 1.165) is 30.7 Å². The van der Waals surface area contributed by atoms with Gasteiger partial charge in [0, 0.05) is 19.0 Å². The standard InChI is InChI=1S/C20H23N5O3/c1-14-5-6-19(27-2)18(10-14)25-8-7-17(23-25)20(26)22-15-11-21-24(12-15)13-16-4-3-9-28-16/h5-8,10-12,16H,3-4,9,13H2,1-2H3,(H,22,26). The van der Waals surface area contributed by atoms with Crippen molar-refractivity contribution >= 4 is 11.6 Å². The van der Waals surface area contributed by atoms with Crippen LogP contribution in [0.4, 0.5) is 5.69 Å². The van der Waals surface area contributed by atoms with Gasteiger partial charge in [0.05, 0.1) is 31.6 Å². The number of hydrogen-bond acceptors (Lipinski definition) is 5. The minimum Gasteiger partial charge on any atom is -0.494 e. The summed E-state index contributed by atoms with van der Waals surface area (Å²) >= 11 is 0. The number of anilines is 1. The second-order valence-corrected chi connectivity index (χ2v) is 6.86. The molecule has 0 saturated carbocycles. The predicted molar refractivity (Wildman–Crippen MR) is 104 cm³/mol. The van der Waals surface area contributed by atoms with E-state index in [1.165, 1.54) is 0 Å². The number of rotatable bonds is 6. The highest BCUT2D eigenvalue weighted by molar-refractivity contribution is 6.02. The highest BCUT2D eigenvalue weighted by Crippen LogP contribution is 2.23. The summed E-state index contributed by atoms with van der Waals surface area (Å²) < 4.78 is 14.4. The normalized spacial score (nSPS) is 16.3. The van der Waals surface area contributed by atoms with Crippen LogP contribution < -0.4 is 10.1 Å². The van der Waals surface area contributed by atoms with Crippen LogP contribution in [0.5, 0.6) is 5.75 Å². The van der Waals surface area contributed by atoms with Gasteiger partial charge in [0.1, 0.15) is 11.4 Å². The van der Waals surface area contributed by atoms with Crippen LogP contribution in [0.1, 0.15) is 28.9 Å². The van der Waals surface area contributed by atoms with Crippen molar-refractivity contribution in [3.05, 3.63) is 54.1 Å². The molecule has 1 amide bonds. The highest BCUT2D eigenvalue weighted by atomic mass is 16.5. The van der Waals surface area contributed by atoms with Crippen molar-refractivity contribution in [1.29, 1.82) is 0 Å². The smallest absolute Gasteiger partial charge is 0.276 e. The van der Waals surface area contributed by atoms with Gasteiger partial charge in [0.2, 0.25) is 0 Å². The minimum absolute atomic E-state index is 0.198. The first-order valence-corrected chi connectivity index (χ1v) is 9.28. The first-order valence-electron chi connectivity index (χ1n) is 9.28. The topological polar surface area (TPSA) is 83.2 Å². The van der Waals surface area contributed by atoms with Crippen LogP contribution >= 0.6 is 0 Å². The van der Waals surface area contributed by atoms with Crippen molar-refractivity contribution in [3.63, 3.8) is 0 Å². The Hall–Kier alpha value is -3.13. The van der Waals surface area contributed by atoms with Crippen LogP contribution in [0.25, 0.3) is 5.69 Å². The van der Waals surface area contributed by atoms with Gasteiger partial charge >= 0.3 is 0 Å². The Labute approximate surface area is 163 Å². The number of hydrogen-bond donors (Lipinski definition) is 1. The van der Waals surface area contributed by atoms with Crippen molar-refractivity contribution in [3.8, 4) is 11.4 Å². The molecule has 28 heavy (non-hydrogen) atoms. The van der Waals surface area contributed by atoms with Gasteiger partial charge in [-0.25, -0.2) is 4.68 Å². The largest absolute Gasteiger partial charge is 0.494 e. The van der Waals surface area contributed by atoms with E-state index in [9.17, 15) is 4.79 Å². The lowest BCUT2D eigenvalue weighted by molar-refractivity contribution is 0.0940. The maximum Gasteiger partial charge on any atom is 0.276 e. The molecule has 0 bridgehead atoms. The Kier molecular flexibility index (Phi) is 5.12. The molecule has 4 rings (SSSR count). The zero-order valence-electron chi connectivity index (χ0n) is 16.0. The summed E-state index contributed by atoms with van der Waals surface area (Å²) in [4.78, 5) is 12.6. The van der Waals surface area contributed by atoms with Crippen LogP contribution in [0.3, 0.4) is 0 Å². The van der Waals surface area contributed by atoms with Crippen molar-refractivity contribution in [1.82, 2.24) is 19.6 Å². The maximum absolute atomic E-state index is 12.6. The fraction of sp³-hybridized carbons (Fsp3) is 0.350. The van der Waals surface area contributed by atoms with Crippen LogP contribution in [0.15, 0.2) is 42.9 Å². The number of ether oxygens (including phenoxy) is 2. The van der Waals surface area contributed by atoms with Crippen LogP contribution in [-0.2, 0) is 11.3 Å². The Morgan fingerprint density at radius 1 is 1.39 bits per heavy atom. The molecule has 8 heteroatoms. The lowest BCUT2D eigenvalue weighted by Gasteiger charge is -2.09. The van der Waals surface area contributed by atoms with Crippen molar-refractivity contribution in [2.45, 2.75) is 32.4 Å². The van der Waals surface area contributed by atoms with Gasteiger partial charge in [-0.1, -0.05) is 6.07 Å². The number of carbonyl (C=O) groups is 1. The van der Waals surface area contributed by atoms with Crippen LogP contribution in [-0.4, -0.2) is 45.3 Å². The average Bonchev–Trinajstić information content (AvgIpc) is 3.44. The lowest BCUT2D eigenvalue weighted by atomic mass is 10.2. The molecule has 1 aliphatic heterocycles. The number of carbonyl (C=O) groups excluding carboxylic acids is 1. The van der Waals surface area contributed by atoms with Gasteiger partial charge in [-0.2, -0.15) is 10.2 Å². The third-order valence-corrected chi connectivity index (χ3v) is 4.71. The molecule has 1 atom stereocenters. The molecule has 0 aliphatic carbocycles. The van der Waals surface area contributed by atoms with Gasteiger partial charge in [-0.05, 0) is 43.5 Å². The summed E-state index contributed by atoms with van der Waals surface area (Å²) in [6.07, 6.45) is 7.51. The summed E-state index contributed by atoms with van der Waals surface area (Å²) in [7, 11) is 1.61. The molecular formula is C20H23N5O3. The second kappa shape index (κ2) is 7.85. The Morgan fingerprint density at radius 2 is 2.29 bits per heavy atom. The van der Waals surface area contributed by atoms with E-state index in [1.807, 2.05) is 25.1 Å². The zero-order chi connectivity index (χ0) is 19.5. The first-order chi connectivity index (χ1) is 13.6. The molecule has 3 aromatic rings. The SMILES string of the molecule is COc1ccc(C)cc1-n1ccc(C(=O)Nc2cnn(CC3CCCO3)c2)n1. The molecule has 1 aromatic carbocycles. The predicted octanol–water partition coefficient (Wildman–Crippen LogP) is 2.82. The zero-order valence-corrected chi connectivity index (χ0v) is 16.0. The van der Waals surface area contributed by atoms with E-state index in [4.69, 9.17) is 9.47 Å². The Bertz CT molecular complexity index is 972. The molecule has 1 fully saturated rings. The van der Waals surface area contributed by atoms with E-state index < -0.39 is 0 Å². The van der Waals surface area contributed by atoms with E-state index in [1.54, 1.807) is 41.1 Å². The maximum atomic E-state index is 12.6. The second-order valence-electron chi connectivity index (χ2n) is 6.86. The van der Waals surface area contributed by atoms with E-state index >= 15 is 0 Å². The molecule has 3 heterocycles. The number of aromatic nitrogens is 4. The van der Waals surface area contributed by atoms with Gasteiger partial charge in [0.15, 0.2) is 5.69 Å². The summed E-state index contributed by atoms with van der Waals surface area (Å²) in [5, 5.41) is 11.5. The molecule has 1 aliphatic rings. The third kappa shape index (κ3) is 3.91. The Morgan fingerprint density at radius 3 is 3.07 bits per heavy atom. The van der Waals surface area contributed by atoms with Crippen molar-refractivity contribution < 1.29 is 14.3 Å². The van der Waals surface area contributed by atoms with Crippen LogP contribution in [0.2, 0.25) is 0 Å². The molecule has 1 saturated heterocycles. The molecule has 0 spiro atoms. The van der Waals surface area contributed by atoms with Gasteiger partial charge < -0.3 is 14.8 Å². The number of amides is 1. The summed E-state index contributed by atoms with van der Waals surface area (Å²) in [6.45, 7) is 3.50. The minimum atomic E-state index is -0.290. The monoisotopic (exact) mass is 381 g/mol. The quantitative estimate of drug-likeness (QED) is 0.710. The molecule has 0 radical (unpaired) electrons. The van der Waals surface area contributed by atoms with Crippen LogP contribution in [0, 0.1) is 6.92 Å². The molecule has 8 nitrogen and oxygen atoms in total. The fourth-order valence-electron chi connectivity index (χ4n) is 3.28. The first kappa shape index (κ1) is 18.2. The fourth-order valence-corrected chi connectivity index (χ4v) is 3.28. The lowest BCUT2D eigenvalue weighted by Crippen LogP contribution is -2.15. The number of methoxy groups -OCH3 is 1. The van der Waals surface area contributed by atoms with Crippen molar-refractivity contribution in [2.75, 3.05) is 19.0 Å². The van der Waals surface area contributed by atoms with E-state index in [2.05, 4.69) is 15.5 Å². The van der Waals surface area contributed by atoms with E-state index in [0.29, 0.717) is 23.7 Å². The molecular weight excluding hydrogens is 358 g/mol. The van der Waals surface area contributed by atoms with Crippen molar-refractivity contribution in [2.24, 2.45) is 0 Å². The van der Waals surface area contributed by atoms with Gasteiger partial charge in [0.25, 0.3) is 5.91 Å². The third-order valence-electron chi connectivity index (χ3n) is 4.71. The summed E-state index contributed by atoms with van der Waals surface area (Å²) in [5.41, 5.74) is 2.81. The number of benzene rings is 1. The molecule has 1 unspecified atom stereocenters. The molecule has 2 aromatic heterocycles. The average molecular weight is 381 g/mol. The summed E-state index contributed by atoms with van der Waals surface area (Å²) in [6, 6.07) is 7.48. The number of nitrogens with one attached hydrogen (secondary N) is 1. The number of nitrogens with zero attached hydrogens (tertiary/aromatic N) is 4. The van der Waals surface area contributed by atoms with E-state index in [-0.39, 0.29) is 12.0 Å². The molecule has 1 N–H and O–H groups in total. The highest BCUT2D eigenvalue weighted by Gasteiger charge is 2.17.